The lowest BCUT2D eigenvalue weighted by atomic mass is 10.1. The van der Waals surface area contributed by atoms with Gasteiger partial charge in [0.25, 0.3) is 0 Å². The van der Waals surface area contributed by atoms with Crippen LogP contribution in [0, 0.1) is 0 Å². The summed E-state index contributed by atoms with van der Waals surface area (Å²) in [6.45, 7) is 6.36. The van der Waals surface area contributed by atoms with E-state index in [1.165, 1.54) is 0 Å². The number of carbonyl (C=O) groups is 1. The summed E-state index contributed by atoms with van der Waals surface area (Å²) < 4.78 is 11.1. The van der Waals surface area contributed by atoms with Gasteiger partial charge < -0.3 is 25.0 Å². The molecule has 2 N–H and O–H groups in total. The molecule has 0 bridgehead atoms. The maximum atomic E-state index is 11.8. The van der Waals surface area contributed by atoms with Gasteiger partial charge in [0.15, 0.2) is 0 Å². The van der Waals surface area contributed by atoms with Crippen molar-refractivity contribution in [2.24, 2.45) is 0 Å². The van der Waals surface area contributed by atoms with E-state index in [-0.39, 0.29) is 5.91 Å². The van der Waals surface area contributed by atoms with E-state index in [9.17, 15) is 4.79 Å². The number of benzene rings is 2. The fourth-order valence-corrected chi connectivity index (χ4v) is 4.75. The van der Waals surface area contributed by atoms with E-state index in [1.807, 2.05) is 35.2 Å². The standard InChI is InChI=1S/C29H33N7O3/c1-20(37)35-11-8-34(9-12-35)10-13-36(23-14-24(38-2)17-25(15-23)39-3)22-5-6-26-27(16-22)33-28(19-31-26)21-4-7-29(30)32-18-21/h4-7,14-19H,8-13H2,1-3H3,(H2,30,32). The van der Waals surface area contributed by atoms with Crippen LogP contribution < -0.4 is 20.1 Å². The number of nitrogen functional groups attached to an aromatic ring is 1. The SMILES string of the molecule is COc1cc(OC)cc(N(CCN2CCN(C(C)=O)CC2)c2ccc3ncc(-c4ccc(N)nc4)nc3c2)c1. The summed E-state index contributed by atoms with van der Waals surface area (Å²) in [5, 5.41) is 0. The van der Waals surface area contributed by atoms with Crippen molar-refractivity contribution in [2.75, 3.05) is 64.1 Å². The fourth-order valence-electron chi connectivity index (χ4n) is 4.75. The smallest absolute Gasteiger partial charge is 0.219 e. The predicted molar refractivity (Wildman–Crippen MR) is 152 cm³/mol. The molecule has 1 aliphatic rings. The molecule has 0 aliphatic carbocycles. The molecule has 1 amide bonds. The number of carbonyl (C=O) groups excluding carboxylic acids is 1. The number of amides is 1. The second kappa shape index (κ2) is 11.5. The molecule has 2 aromatic carbocycles. The molecule has 0 atom stereocenters. The van der Waals surface area contributed by atoms with E-state index in [0.29, 0.717) is 17.3 Å². The molecule has 1 aliphatic heterocycles. The van der Waals surface area contributed by atoms with Crippen LogP contribution in [0.2, 0.25) is 0 Å². The molecule has 0 saturated carbocycles. The van der Waals surface area contributed by atoms with Crippen LogP contribution in [0.15, 0.2) is 60.9 Å². The molecule has 0 spiro atoms. The highest BCUT2D eigenvalue weighted by molar-refractivity contribution is 5.83. The Labute approximate surface area is 228 Å². The monoisotopic (exact) mass is 527 g/mol. The summed E-state index contributed by atoms with van der Waals surface area (Å²) in [6, 6.07) is 15.6. The molecule has 0 radical (unpaired) electrons. The molecule has 202 valence electrons. The minimum absolute atomic E-state index is 0.131. The molecule has 3 heterocycles. The minimum Gasteiger partial charge on any atom is -0.497 e. The molecular weight excluding hydrogens is 494 g/mol. The van der Waals surface area contributed by atoms with Crippen LogP contribution in [0.5, 0.6) is 11.5 Å². The topological polar surface area (TPSA) is 110 Å². The van der Waals surface area contributed by atoms with Crippen molar-refractivity contribution in [1.82, 2.24) is 24.8 Å². The van der Waals surface area contributed by atoms with Crippen molar-refractivity contribution < 1.29 is 14.3 Å². The van der Waals surface area contributed by atoms with Gasteiger partial charge in [-0.3, -0.25) is 14.7 Å². The molecule has 1 fully saturated rings. The number of rotatable bonds is 8. The van der Waals surface area contributed by atoms with Gasteiger partial charge in [-0.2, -0.15) is 0 Å². The first-order chi connectivity index (χ1) is 18.9. The lowest BCUT2D eigenvalue weighted by molar-refractivity contribution is -0.130. The molecule has 4 aromatic rings. The Bertz CT molecular complexity index is 1430. The zero-order chi connectivity index (χ0) is 27.4. The summed E-state index contributed by atoms with van der Waals surface area (Å²) in [4.78, 5) is 32.0. The van der Waals surface area contributed by atoms with Crippen molar-refractivity contribution >= 4 is 34.1 Å². The summed E-state index contributed by atoms with van der Waals surface area (Å²) in [5.41, 5.74) is 10.8. The van der Waals surface area contributed by atoms with Gasteiger partial charge in [-0.1, -0.05) is 0 Å². The van der Waals surface area contributed by atoms with Crippen LogP contribution >= 0.6 is 0 Å². The lowest BCUT2D eigenvalue weighted by Gasteiger charge is -2.36. The molecule has 10 heteroatoms. The van der Waals surface area contributed by atoms with Crippen molar-refractivity contribution in [1.29, 1.82) is 0 Å². The number of ether oxygens (including phenoxy) is 2. The largest absolute Gasteiger partial charge is 0.497 e. The van der Waals surface area contributed by atoms with Crippen LogP contribution in [-0.2, 0) is 4.79 Å². The maximum Gasteiger partial charge on any atom is 0.219 e. The second-order valence-electron chi connectivity index (χ2n) is 9.47. The average molecular weight is 528 g/mol. The summed E-state index contributed by atoms with van der Waals surface area (Å²) in [6.07, 6.45) is 3.45. The zero-order valence-corrected chi connectivity index (χ0v) is 22.5. The maximum absolute atomic E-state index is 11.8. The van der Waals surface area contributed by atoms with E-state index in [0.717, 1.165) is 72.9 Å². The molecular formula is C29H33N7O3. The summed E-state index contributed by atoms with van der Waals surface area (Å²) in [5.74, 6) is 2.01. The van der Waals surface area contributed by atoms with E-state index in [4.69, 9.17) is 20.2 Å². The Hall–Kier alpha value is -4.44. The Morgan fingerprint density at radius 1 is 0.897 bits per heavy atom. The van der Waals surface area contributed by atoms with Crippen LogP contribution in [0.1, 0.15) is 6.92 Å². The van der Waals surface area contributed by atoms with Gasteiger partial charge in [0, 0.05) is 87.5 Å². The number of methoxy groups -OCH3 is 2. The van der Waals surface area contributed by atoms with Gasteiger partial charge in [-0.05, 0) is 30.3 Å². The predicted octanol–water partition coefficient (Wildman–Crippen LogP) is 3.59. The number of pyridine rings is 1. The van der Waals surface area contributed by atoms with Gasteiger partial charge in [-0.25, -0.2) is 9.97 Å². The first-order valence-electron chi connectivity index (χ1n) is 12.9. The van der Waals surface area contributed by atoms with Crippen LogP contribution in [0.3, 0.4) is 0 Å². The number of hydrogen-bond acceptors (Lipinski definition) is 9. The molecule has 2 aromatic heterocycles. The first-order valence-corrected chi connectivity index (χ1v) is 12.9. The van der Waals surface area contributed by atoms with E-state index < -0.39 is 0 Å². The highest BCUT2D eigenvalue weighted by Crippen LogP contribution is 2.34. The number of aromatic nitrogens is 3. The van der Waals surface area contributed by atoms with Gasteiger partial charge in [0.05, 0.1) is 37.1 Å². The average Bonchev–Trinajstić information content (AvgIpc) is 2.97. The number of fused-ring (bicyclic) bond motifs is 1. The number of piperazine rings is 1. The van der Waals surface area contributed by atoms with E-state index in [1.54, 1.807) is 39.6 Å². The third-order valence-corrected chi connectivity index (χ3v) is 7.02. The number of nitrogens with zero attached hydrogens (tertiary/aromatic N) is 6. The molecule has 0 unspecified atom stereocenters. The van der Waals surface area contributed by atoms with Gasteiger partial charge in [0.2, 0.25) is 5.91 Å². The molecule has 39 heavy (non-hydrogen) atoms. The Kier molecular flexibility index (Phi) is 7.74. The third kappa shape index (κ3) is 6.01. The molecule has 5 rings (SSSR count). The normalized spacial score (nSPS) is 13.9. The quantitative estimate of drug-likeness (QED) is 0.368. The second-order valence-corrected chi connectivity index (χ2v) is 9.47. The molecule has 10 nitrogen and oxygen atoms in total. The number of anilines is 3. The van der Waals surface area contributed by atoms with Crippen molar-refractivity contribution in [3.8, 4) is 22.8 Å². The van der Waals surface area contributed by atoms with Crippen molar-refractivity contribution in [2.45, 2.75) is 6.92 Å². The van der Waals surface area contributed by atoms with Crippen LogP contribution in [-0.4, -0.2) is 84.1 Å². The Morgan fingerprint density at radius 3 is 2.28 bits per heavy atom. The number of hydrogen-bond donors (Lipinski definition) is 1. The summed E-state index contributed by atoms with van der Waals surface area (Å²) >= 11 is 0. The van der Waals surface area contributed by atoms with E-state index in [2.05, 4.69) is 31.9 Å². The lowest BCUT2D eigenvalue weighted by Crippen LogP contribution is -2.49. The third-order valence-electron chi connectivity index (χ3n) is 7.02. The van der Waals surface area contributed by atoms with Crippen molar-refractivity contribution in [3.63, 3.8) is 0 Å². The highest BCUT2D eigenvalue weighted by Gasteiger charge is 2.20. The van der Waals surface area contributed by atoms with Gasteiger partial charge >= 0.3 is 0 Å². The number of nitrogens with two attached hydrogens (primary N) is 1. The van der Waals surface area contributed by atoms with Gasteiger partial charge in [0.1, 0.15) is 17.3 Å². The Balaban J connectivity index is 1.48. The molecule has 1 saturated heterocycles. The van der Waals surface area contributed by atoms with E-state index >= 15 is 0 Å². The minimum atomic E-state index is 0.131. The van der Waals surface area contributed by atoms with Crippen LogP contribution in [0.4, 0.5) is 17.2 Å². The van der Waals surface area contributed by atoms with Gasteiger partial charge in [-0.15, -0.1) is 0 Å². The Morgan fingerprint density at radius 2 is 1.64 bits per heavy atom. The summed E-state index contributed by atoms with van der Waals surface area (Å²) in [7, 11) is 3.30. The van der Waals surface area contributed by atoms with Crippen LogP contribution in [0.25, 0.3) is 22.3 Å². The highest BCUT2D eigenvalue weighted by atomic mass is 16.5. The zero-order valence-electron chi connectivity index (χ0n) is 22.5. The van der Waals surface area contributed by atoms with Crippen molar-refractivity contribution in [3.05, 3.63) is 60.9 Å². The fraction of sp³-hybridized carbons (Fsp3) is 0.310. The first kappa shape index (κ1) is 26.2.